The number of nitrogens with one attached hydrogen (secondary N) is 1. The molecule has 1 N–H and O–H groups in total. The zero-order chi connectivity index (χ0) is 14.0. The van der Waals surface area contributed by atoms with E-state index >= 15 is 0 Å². The van der Waals surface area contributed by atoms with Gasteiger partial charge in [0.1, 0.15) is 0 Å². The smallest absolute Gasteiger partial charge is 0.230 e. The third kappa shape index (κ3) is 3.20. The molecule has 0 bridgehead atoms. The molecule has 2 rings (SSSR count). The van der Waals surface area contributed by atoms with Crippen molar-refractivity contribution in [2.45, 2.75) is 45.7 Å². The van der Waals surface area contributed by atoms with Crippen LogP contribution in [-0.4, -0.2) is 32.2 Å². The first kappa shape index (κ1) is 14.6. The third-order valence-electron chi connectivity index (χ3n) is 3.99. The zero-order valence-corrected chi connectivity index (χ0v) is 13.4. The molecule has 0 saturated heterocycles. The summed E-state index contributed by atoms with van der Waals surface area (Å²) in [5, 5.41) is 4.69. The maximum Gasteiger partial charge on any atom is 0.230 e. The van der Waals surface area contributed by atoms with Crippen LogP contribution >= 0.6 is 11.3 Å². The molecule has 1 heterocycles. The van der Waals surface area contributed by atoms with Gasteiger partial charge in [0, 0.05) is 26.7 Å². The maximum atomic E-state index is 5.38. The fraction of sp³-hybridized carbons (Fsp3) is 0.786. The average molecular weight is 283 g/mol. The molecule has 1 atom stereocenters. The van der Waals surface area contributed by atoms with Gasteiger partial charge in [0.05, 0.1) is 12.0 Å². The number of anilines is 1. The Hall–Kier alpha value is -0.810. The van der Waals surface area contributed by atoms with Gasteiger partial charge in [-0.2, -0.15) is 4.98 Å². The Morgan fingerprint density at radius 3 is 2.74 bits per heavy atom. The molecule has 1 aliphatic rings. The first-order chi connectivity index (χ1) is 8.94. The Labute approximate surface area is 120 Å². The summed E-state index contributed by atoms with van der Waals surface area (Å²) in [4.78, 5) is 7.70. The SMILES string of the molecule is COc1nc(N(C)C)sc1CNC1CCCC1(C)C. The molecule has 1 fully saturated rings. The second-order valence-corrected chi connectivity index (χ2v) is 7.20. The predicted molar refractivity (Wildman–Crippen MR) is 81.3 cm³/mol. The minimum absolute atomic E-state index is 0.405. The van der Waals surface area contributed by atoms with Gasteiger partial charge >= 0.3 is 0 Å². The summed E-state index contributed by atoms with van der Waals surface area (Å²) in [6.45, 7) is 5.56. The van der Waals surface area contributed by atoms with Crippen molar-refractivity contribution >= 4 is 16.5 Å². The summed E-state index contributed by atoms with van der Waals surface area (Å²) >= 11 is 1.70. The normalized spacial score (nSPS) is 21.6. The van der Waals surface area contributed by atoms with Gasteiger partial charge in [0.15, 0.2) is 5.13 Å². The molecule has 1 aliphatic carbocycles. The van der Waals surface area contributed by atoms with Crippen LogP contribution in [0.2, 0.25) is 0 Å². The molecule has 0 aromatic carbocycles. The molecule has 0 amide bonds. The fourth-order valence-corrected chi connectivity index (χ4v) is 3.61. The minimum atomic E-state index is 0.405. The van der Waals surface area contributed by atoms with E-state index in [2.05, 4.69) is 24.1 Å². The van der Waals surface area contributed by atoms with Gasteiger partial charge in [-0.15, -0.1) is 0 Å². The standard InChI is InChI=1S/C14H25N3OS/c1-14(2)8-6-7-11(14)15-9-10-12(18-5)16-13(19-10)17(3)4/h11,15H,6-9H2,1-5H3. The number of hydrogen-bond acceptors (Lipinski definition) is 5. The lowest BCUT2D eigenvalue weighted by Crippen LogP contribution is -2.37. The molecular formula is C14H25N3OS. The lowest BCUT2D eigenvalue weighted by molar-refractivity contribution is 0.281. The van der Waals surface area contributed by atoms with Gasteiger partial charge in [0.25, 0.3) is 0 Å². The largest absolute Gasteiger partial charge is 0.480 e. The summed E-state index contributed by atoms with van der Waals surface area (Å²) in [7, 11) is 5.71. The van der Waals surface area contributed by atoms with Gasteiger partial charge < -0.3 is 15.0 Å². The van der Waals surface area contributed by atoms with Crippen molar-refractivity contribution in [2.24, 2.45) is 5.41 Å². The van der Waals surface area contributed by atoms with E-state index in [9.17, 15) is 0 Å². The van der Waals surface area contributed by atoms with Crippen LogP contribution in [0.5, 0.6) is 5.88 Å². The number of thiazole rings is 1. The predicted octanol–water partition coefficient (Wildman–Crippen LogP) is 2.89. The molecule has 19 heavy (non-hydrogen) atoms. The summed E-state index contributed by atoms with van der Waals surface area (Å²) in [6.07, 6.45) is 3.91. The Kier molecular flexibility index (Phi) is 4.36. The van der Waals surface area contributed by atoms with Crippen LogP contribution in [0, 0.1) is 5.41 Å². The van der Waals surface area contributed by atoms with Crippen molar-refractivity contribution < 1.29 is 4.74 Å². The Balaban J connectivity index is 2.03. The first-order valence-corrected chi connectivity index (χ1v) is 7.70. The number of hydrogen-bond donors (Lipinski definition) is 1. The molecule has 1 aromatic heterocycles. The van der Waals surface area contributed by atoms with Gasteiger partial charge in [-0.25, -0.2) is 0 Å². The fourth-order valence-electron chi connectivity index (χ4n) is 2.71. The molecule has 5 heteroatoms. The van der Waals surface area contributed by atoms with Crippen molar-refractivity contribution in [1.29, 1.82) is 0 Å². The van der Waals surface area contributed by atoms with Crippen molar-refractivity contribution in [3.8, 4) is 5.88 Å². The lowest BCUT2D eigenvalue weighted by Gasteiger charge is -2.27. The van der Waals surface area contributed by atoms with E-state index < -0.39 is 0 Å². The quantitative estimate of drug-likeness (QED) is 0.901. The number of ether oxygens (including phenoxy) is 1. The van der Waals surface area contributed by atoms with Crippen LogP contribution in [0.25, 0.3) is 0 Å². The van der Waals surface area contributed by atoms with E-state index in [0.29, 0.717) is 11.5 Å². The third-order valence-corrected chi connectivity index (χ3v) is 5.20. The topological polar surface area (TPSA) is 37.4 Å². The van der Waals surface area contributed by atoms with Crippen LogP contribution in [0.1, 0.15) is 38.0 Å². The molecule has 1 aromatic rings. The van der Waals surface area contributed by atoms with Gasteiger partial charge in [-0.3, -0.25) is 0 Å². The Morgan fingerprint density at radius 2 is 2.21 bits per heavy atom. The Morgan fingerprint density at radius 1 is 1.47 bits per heavy atom. The highest BCUT2D eigenvalue weighted by Crippen LogP contribution is 2.38. The highest BCUT2D eigenvalue weighted by molar-refractivity contribution is 7.15. The van der Waals surface area contributed by atoms with E-state index in [0.717, 1.165) is 17.6 Å². The van der Waals surface area contributed by atoms with Crippen LogP contribution in [0.4, 0.5) is 5.13 Å². The summed E-state index contributed by atoms with van der Waals surface area (Å²) < 4.78 is 5.38. The van der Waals surface area contributed by atoms with E-state index in [-0.39, 0.29) is 0 Å². The molecule has 0 radical (unpaired) electrons. The van der Waals surface area contributed by atoms with Gasteiger partial charge in [-0.05, 0) is 18.3 Å². The van der Waals surface area contributed by atoms with E-state index in [1.54, 1.807) is 18.4 Å². The van der Waals surface area contributed by atoms with Crippen LogP contribution in [-0.2, 0) is 6.54 Å². The second-order valence-electron chi connectivity index (χ2n) is 6.14. The lowest BCUT2D eigenvalue weighted by atomic mass is 9.87. The number of nitrogens with zero attached hydrogens (tertiary/aromatic N) is 2. The molecule has 0 aliphatic heterocycles. The molecular weight excluding hydrogens is 258 g/mol. The minimum Gasteiger partial charge on any atom is -0.480 e. The van der Waals surface area contributed by atoms with Gasteiger partial charge in [-0.1, -0.05) is 31.6 Å². The Bertz CT molecular complexity index is 428. The highest BCUT2D eigenvalue weighted by atomic mass is 32.1. The molecule has 108 valence electrons. The highest BCUT2D eigenvalue weighted by Gasteiger charge is 2.34. The number of aromatic nitrogens is 1. The number of methoxy groups -OCH3 is 1. The summed E-state index contributed by atoms with van der Waals surface area (Å²) in [5.41, 5.74) is 0.405. The summed E-state index contributed by atoms with van der Waals surface area (Å²) in [5.74, 6) is 0.761. The van der Waals surface area contributed by atoms with Crippen LogP contribution in [0.15, 0.2) is 0 Å². The van der Waals surface area contributed by atoms with Crippen molar-refractivity contribution in [3.05, 3.63) is 4.88 Å². The maximum absolute atomic E-state index is 5.38. The first-order valence-electron chi connectivity index (χ1n) is 6.88. The molecule has 1 unspecified atom stereocenters. The van der Waals surface area contributed by atoms with Gasteiger partial charge in [0.2, 0.25) is 5.88 Å². The zero-order valence-electron chi connectivity index (χ0n) is 12.6. The van der Waals surface area contributed by atoms with Crippen LogP contribution in [0.3, 0.4) is 0 Å². The van der Waals surface area contributed by atoms with Crippen molar-refractivity contribution in [2.75, 3.05) is 26.1 Å². The summed E-state index contributed by atoms with van der Waals surface area (Å²) in [6, 6.07) is 0.599. The van der Waals surface area contributed by atoms with Crippen molar-refractivity contribution in [1.82, 2.24) is 10.3 Å². The molecule has 1 saturated carbocycles. The second kappa shape index (κ2) is 5.67. The average Bonchev–Trinajstić information content (AvgIpc) is 2.89. The van der Waals surface area contributed by atoms with E-state index in [1.807, 2.05) is 19.0 Å². The van der Waals surface area contributed by atoms with Crippen LogP contribution < -0.4 is 15.0 Å². The van der Waals surface area contributed by atoms with E-state index in [4.69, 9.17) is 4.74 Å². The monoisotopic (exact) mass is 283 g/mol. The van der Waals surface area contributed by atoms with E-state index in [1.165, 1.54) is 24.1 Å². The van der Waals surface area contributed by atoms with Crippen molar-refractivity contribution in [3.63, 3.8) is 0 Å². The molecule has 4 nitrogen and oxygen atoms in total. The number of rotatable bonds is 5. The molecule has 0 spiro atoms.